The minimum absolute atomic E-state index is 0.478. The molecule has 22 heavy (non-hydrogen) atoms. The molecule has 0 unspecified atom stereocenters. The van der Waals surface area contributed by atoms with E-state index in [4.69, 9.17) is 9.47 Å². The van der Waals surface area contributed by atoms with Gasteiger partial charge in [0.05, 0.1) is 19.9 Å². The number of hydrogen-bond acceptors (Lipinski definition) is 6. The molecule has 0 spiro atoms. The molecule has 2 rings (SSSR count). The van der Waals surface area contributed by atoms with Gasteiger partial charge in [-0.05, 0) is 50.6 Å². The summed E-state index contributed by atoms with van der Waals surface area (Å²) in [7, 11) is 1.61. The molecule has 1 heterocycles. The van der Waals surface area contributed by atoms with Gasteiger partial charge in [-0.15, -0.1) is 0 Å². The van der Waals surface area contributed by atoms with Crippen LogP contribution in [0.15, 0.2) is 29.4 Å². The van der Waals surface area contributed by atoms with Crippen molar-refractivity contribution in [2.75, 3.05) is 19.1 Å². The fourth-order valence-electron chi connectivity index (χ4n) is 1.98. The number of nitrogens with zero attached hydrogens (tertiary/aromatic N) is 3. The number of nitrogens with one attached hydrogen (secondary N) is 1. The maximum Gasteiger partial charge on any atom is 0.243 e. The molecule has 1 aromatic heterocycles. The van der Waals surface area contributed by atoms with Crippen LogP contribution in [-0.4, -0.2) is 29.9 Å². The molecule has 0 aliphatic carbocycles. The highest BCUT2D eigenvalue weighted by molar-refractivity contribution is 5.81. The first-order chi connectivity index (χ1) is 10.6. The number of rotatable bonds is 6. The van der Waals surface area contributed by atoms with Gasteiger partial charge in [0.1, 0.15) is 0 Å². The lowest BCUT2D eigenvalue weighted by molar-refractivity contribution is 0.311. The molecule has 2 aromatic rings. The summed E-state index contributed by atoms with van der Waals surface area (Å²) in [5, 5.41) is 4.15. The molecule has 0 atom stereocenters. The number of hydrazone groups is 1. The van der Waals surface area contributed by atoms with Crippen molar-refractivity contribution in [2.24, 2.45) is 5.10 Å². The predicted octanol–water partition coefficient (Wildman–Crippen LogP) is 2.95. The third kappa shape index (κ3) is 4.18. The van der Waals surface area contributed by atoms with Crippen LogP contribution in [0.2, 0.25) is 0 Å². The van der Waals surface area contributed by atoms with Crippen LogP contribution in [0.1, 0.15) is 23.9 Å². The molecule has 1 N–H and O–H groups in total. The Morgan fingerprint density at radius 3 is 2.50 bits per heavy atom. The van der Waals surface area contributed by atoms with Gasteiger partial charge in [0.2, 0.25) is 5.95 Å². The molecule has 0 saturated heterocycles. The van der Waals surface area contributed by atoms with Crippen LogP contribution in [0.25, 0.3) is 0 Å². The Bertz CT molecular complexity index is 651. The SMILES string of the molecule is CCOc1ccc(C=NNc2nc(C)cc(C)n2)cc1OC. The number of hydrogen-bond donors (Lipinski definition) is 1. The van der Waals surface area contributed by atoms with E-state index in [1.165, 1.54) is 0 Å². The quantitative estimate of drug-likeness (QED) is 0.656. The fraction of sp³-hybridized carbons (Fsp3) is 0.312. The van der Waals surface area contributed by atoms with E-state index in [0.29, 0.717) is 24.1 Å². The molecule has 1 aromatic carbocycles. The summed E-state index contributed by atoms with van der Waals surface area (Å²) in [6, 6.07) is 7.53. The second kappa shape index (κ2) is 7.40. The molecule has 0 bridgehead atoms. The highest BCUT2D eigenvalue weighted by atomic mass is 16.5. The Morgan fingerprint density at radius 1 is 1.14 bits per heavy atom. The second-order valence-corrected chi connectivity index (χ2v) is 4.69. The van der Waals surface area contributed by atoms with Crippen molar-refractivity contribution >= 4 is 12.2 Å². The molecule has 0 aliphatic heterocycles. The minimum Gasteiger partial charge on any atom is -0.493 e. The summed E-state index contributed by atoms with van der Waals surface area (Å²) < 4.78 is 10.8. The molecule has 116 valence electrons. The summed E-state index contributed by atoms with van der Waals surface area (Å²) in [6.07, 6.45) is 1.68. The van der Waals surface area contributed by atoms with Gasteiger partial charge in [-0.1, -0.05) is 0 Å². The lowest BCUT2D eigenvalue weighted by Gasteiger charge is -2.09. The van der Waals surface area contributed by atoms with E-state index >= 15 is 0 Å². The third-order valence-corrected chi connectivity index (χ3v) is 2.85. The van der Waals surface area contributed by atoms with Crippen LogP contribution >= 0.6 is 0 Å². The topological polar surface area (TPSA) is 68.6 Å². The molecule has 0 fully saturated rings. The first kappa shape index (κ1) is 15.8. The molecule has 0 saturated carbocycles. The normalized spacial score (nSPS) is 10.7. The molecule has 0 radical (unpaired) electrons. The predicted molar refractivity (Wildman–Crippen MR) is 86.9 cm³/mol. The summed E-state index contributed by atoms with van der Waals surface area (Å²) in [5.41, 5.74) is 5.51. The van der Waals surface area contributed by atoms with E-state index < -0.39 is 0 Å². The fourth-order valence-corrected chi connectivity index (χ4v) is 1.98. The van der Waals surface area contributed by atoms with E-state index in [0.717, 1.165) is 17.0 Å². The van der Waals surface area contributed by atoms with Gasteiger partial charge in [-0.3, -0.25) is 0 Å². The zero-order chi connectivity index (χ0) is 15.9. The summed E-state index contributed by atoms with van der Waals surface area (Å²) in [6.45, 7) is 6.36. The lowest BCUT2D eigenvalue weighted by atomic mass is 10.2. The van der Waals surface area contributed by atoms with Crippen LogP contribution in [0.5, 0.6) is 11.5 Å². The smallest absolute Gasteiger partial charge is 0.243 e. The van der Waals surface area contributed by atoms with Gasteiger partial charge in [0.15, 0.2) is 11.5 Å². The van der Waals surface area contributed by atoms with Crippen molar-refractivity contribution < 1.29 is 9.47 Å². The Labute approximate surface area is 130 Å². The molecule has 6 nitrogen and oxygen atoms in total. The minimum atomic E-state index is 0.478. The number of methoxy groups -OCH3 is 1. The van der Waals surface area contributed by atoms with Gasteiger partial charge in [0, 0.05) is 11.4 Å². The van der Waals surface area contributed by atoms with Gasteiger partial charge in [-0.25, -0.2) is 15.4 Å². The van der Waals surface area contributed by atoms with Crippen LogP contribution in [0.4, 0.5) is 5.95 Å². The number of ether oxygens (including phenoxy) is 2. The monoisotopic (exact) mass is 300 g/mol. The third-order valence-electron chi connectivity index (χ3n) is 2.85. The molecule has 0 aliphatic rings. The molecule has 6 heteroatoms. The number of anilines is 1. The van der Waals surface area contributed by atoms with Crippen LogP contribution in [0, 0.1) is 13.8 Å². The Hall–Kier alpha value is -2.63. The zero-order valence-electron chi connectivity index (χ0n) is 13.3. The summed E-state index contributed by atoms with van der Waals surface area (Å²) >= 11 is 0. The number of aromatic nitrogens is 2. The number of benzene rings is 1. The van der Waals surface area contributed by atoms with E-state index in [2.05, 4.69) is 20.5 Å². The average Bonchev–Trinajstić information content (AvgIpc) is 2.48. The average molecular weight is 300 g/mol. The van der Waals surface area contributed by atoms with E-state index in [1.54, 1.807) is 13.3 Å². The second-order valence-electron chi connectivity index (χ2n) is 4.69. The molecular formula is C16H20N4O2. The van der Waals surface area contributed by atoms with Crippen LogP contribution in [0.3, 0.4) is 0 Å². The highest BCUT2D eigenvalue weighted by Gasteiger charge is 2.04. The van der Waals surface area contributed by atoms with Crippen molar-refractivity contribution in [3.05, 3.63) is 41.2 Å². The first-order valence-corrected chi connectivity index (χ1v) is 7.04. The van der Waals surface area contributed by atoms with Crippen LogP contribution < -0.4 is 14.9 Å². The maximum absolute atomic E-state index is 5.48. The summed E-state index contributed by atoms with van der Waals surface area (Å²) in [4.78, 5) is 8.51. The van der Waals surface area contributed by atoms with Crippen molar-refractivity contribution in [3.63, 3.8) is 0 Å². The first-order valence-electron chi connectivity index (χ1n) is 7.04. The van der Waals surface area contributed by atoms with Crippen LogP contribution in [-0.2, 0) is 0 Å². The van der Waals surface area contributed by atoms with E-state index in [1.807, 2.05) is 45.0 Å². The molecule has 0 amide bonds. The zero-order valence-corrected chi connectivity index (χ0v) is 13.3. The van der Waals surface area contributed by atoms with E-state index in [-0.39, 0.29) is 0 Å². The van der Waals surface area contributed by atoms with E-state index in [9.17, 15) is 0 Å². The van der Waals surface area contributed by atoms with Gasteiger partial charge in [0.25, 0.3) is 0 Å². The highest BCUT2D eigenvalue weighted by Crippen LogP contribution is 2.27. The maximum atomic E-state index is 5.48. The van der Waals surface area contributed by atoms with Crippen molar-refractivity contribution in [2.45, 2.75) is 20.8 Å². The van der Waals surface area contributed by atoms with Crippen molar-refractivity contribution in [1.82, 2.24) is 9.97 Å². The summed E-state index contributed by atoms with van der Waals surface area (Å²) in [5.74, 6) is 1.87. The Balaban J connectivity index is 2.09. The van der Waals surface area contributed by atoms with Gasteiger partial charge < -0.3 is 9.47 Å². The Kier molecular flexibility index (Phi) is 5.30. The van der Waals surface area contributed by atoms with Crippen molar-refractivity contribution in [3.8, 4) is 11.5 Å². The largest absolute Gasteiger partial charge is 0.493 e. The Morgan fingerprint density at radius 2 is 1.86 bits per heavy atom. The van der Waals surface area contributed by atoms with Crippen molar-refractivity contribution in [1.29, 1.82) is 0 Å². The molecular weight excluding hydrogens is 280 g/mol. The number of aryl methyl sites for hydroxylation is 2. The standard InChI is InChI=1S/C16H20N4O2/c1-5-22-14-7-6-13(9-15(14)21-4)10-17-20-16-18-11(2)8-12(3)19-16/h6-10H,5H2,1-4H3,(H,18,19,20). The lowest BCUT2D eigenvalue weighted by Crippen LogP contribution is -2.00. The van der Waals surface area contributed by atoms with Gasteiger partial charge in [-0.2, -0.15) is 5.10 Å². The van der Waals surface area contributed by atoms with Gasteiger partial charge >= 0.3 is 0 Å².